The summed E-state index contributed by atoms with van der Waals surface area (Å²) in [5.41, 5.74) is 1.03. The number of ether oxygens (including phenoxy) is 3. The van der Waals surface area contributed by atoms with Crippen LogP contribution in [0.15, 0.2) is 23.2 Å². The molecule has 1 aliphatic rings. The summed E-state index contributed by atoms with van der Waals surface area (Å²) >= 11 is 0. The summed E-state index contributed by atoms with van der Waals surface area (Å²) in [4.78, 5) is 7.23. The minimum atomic E-state index is -0.133. The third kappa shape index (κ3) is 6.56. The van der Waals surface area contributed by atoms with Gasteiger partial charge >= 0.3 is 0 Å². The minimum absolute atomic E-state index is 0.133. The number of nitrogens with one attached hydrogen (secondary N) is 2. The number of hydrogen-bond donors (Lipinski definition) is 2. The van der Waals surface area contributed by atoms with Crippen LogP contribution in [-0.2, 0) is 10.2 Å². The molecule has 1 saturated heterocycles. The summed E-state index contributed by atoms with van der Waals surface area (Å²) in [5, 5.41) is 6.78. The fourth-order valence-electron chi connectivity index (χ4n) is 3.12. The first-order valence-corrected chi connectivity index (χ1v) is 10.0. The molecule has 0 radical (unpaired) electrons. The molecule has 0 spiro atoms. The van der Waals surface area contributed by atoms with E-state index in [1.165, 1.54) is 0 Å². The average molecular weight is 393 g/mol. The Labute approximate surface area is 169 Å². The third-order valence-electron chi connectivity index (χ3n) is 4.97. The lowest BCUT2D eigenvalue weighted by Crippen LogP contribution is -2.44. The van der Waals surface area contributed by atoms with E-state index in [1.54, 1.807) is 14.2 Å². The SMILES string of the molecule is CCNC(=NCC(C)(C)c1ccc(OC)c(OC)c1)NCCN1CCOCC1. The molecule has 1 aliphatic heterocycles. The van der Waals surface area contributed by atoms with E-state index >= 15 is 0 Å². The minimum Gasteiger partial charge on any atom is -0.493 e. The molecule has 1 heterocycles. The molecule has 0 aromatic heterocycles. The van der Waals surface area contributed by atoms with E-state index in [1.807, 2.05) is 12.1 Å². The molecule has 2 N–H and O–H groups in total. The van der Waals surface area contributed by atoms with Crippen LogP contribution < -0.4 is 20.1 Å². The van der Waals surface area contributed by atoms with Crippen LogP contribution in [0.5, 0.6) is 11.5 Å². The van der Waals surface area contributed by atoms with Crippen molar-refractivity contribution < 1.29 is 14.2 Å². The van der Waals surface area contributed by atoms with Gasteiger partial charge in [0.1, 0.15) is 0 Å². The molecule has 7 nitrogen and oxygen atoms in total. The Balaban J connectivity index is 1.97. The van der Waals surface area contributed by atoms with Gasteiger partial charge in [-0.3, -0.25) is 9.89 Å². The fraction of sp³-hybridized carbons (Fsp3) is 0.667. The van der Waals surface area contributed by atoms with Crippen molar-refractivity contribution in [3.63, 3.8) is 0 Å². The monoisotopic (exact) mass is 392 g/mol. The van der Waals surface area contributed by atoms with E-state index < -0.39 is 0 Å². The molecular formula is C21H36N4O3. The normalized spacial score (nSPS) is 16.0. The third-order valence-corrected chi connectivity index (χ3v) is 4.97. The largest absolute Gasteiger partial charge is 0.493 e. The van der Waals surface area contributed by atoms with Crippen molar-refractivity contribution in [3.8, 4) is 11.5 Å². The van der Waals surface area contributed by atoms with Gasteiger partial charge in [0.25, 0.3) is 0 Å². The van der Waals surface area contributed by atoms with Crippen molar-refractivity contribution in [1.82, 2.24) is 15.5 Å². The zero-order chi connectivity index (χ0) is 20.4. The van der Waals surface area contributed by atoms with Crippen molar-refractivity contribution in [3.05, 3.63) is 23.8 Å². The molecule has 28 heavy (non-hydrogen) atoms. The topological polar surface area (TPSA) is 67.4 Å². The van der Waals surface area contributed by atoms with Gasteiger partial charge in [-0.2, -0.15) is 0 Å². The van der Waals surface area contributed by atoms with Gasteiger partial charge in [0, 0.05) is 38.1 Å². The predicted molar refractivity (Wildman–Crippen MR) is 114 cm³/mol. The molecule has 1 fully saturated rings. The average Bonchev–Trinajstić information content (AvgIpc) is 2.72. The first-order valence-electron chi connectivity index (χ1n) is 10.0. The van der Waals surface area contributed by atoms with Gasteiger partial charge in [0.15, 0.2) is 17.5 Å². The van der Waals surface area contributed by atoms with Gasteiger partial charge in [-0.15, -0.1) is 0 Å². The molecule has 0 aliphatic carbocycles. The molecular weight excluding hydrogens is 356 g/mol. The zero-order valence-corrected chi connectivity index (χ0v) is 18.0. The standard InChI is InChI=1S/C21H36N4O3/c1-6-22-20(23-9-10-25-11-13-28-14-12-25)24-16-21(2,3)17-7-8-18(26-4)19(15-17)27-5/h7-8,15H,6,9-14,16H2,1-5H3,(H2,22,23,24). The van der Waals surface area contributed by atoms with Crippen LogP contribution in [0.2, 0.25) is 0 Å². The molecule has 1 aromatic rings. The lowest BCUT2D eigenvalue weighted by molar-refractivity contribution is 0.0389. The summed E-state index contributed by atoms with van der Waals surface area (Å²) in [7, 11) is 3.31. The number of nitrogens with zero attached hydrogens (tertiary/aromatic N) is 2. The van der Waals surface area contributed by atoms with Crippen LogP contribution in [0, 0.1) is 0 Å². The Morgan fingerprint density at radius 2 is 1.86 bits per heavy atom. The van der Waals surface area contributed by atoms with E-state index in [2.05, 4.69) is 42.4 Å². The number of methoxy groups -OCH3 is 2. The Morgan fingerprint density at radius 1 is 1.14 bits per heavy atom. The van der Waals surface area contributed by atoms with Crippen molar-refractivity contribution in [2.24, 2.45) is 4.99 Å². The van der Waals surface area contributed by atoms with Gasteiger partial charge in [-0.05, 0) is 24.6 Å². The number of benzene rings is 1. The van der Waals surface area contributed by atoms with Gasteiger partial charge in [0.05, 0.1) is 34.0 Å². The van der Waals surface area contributed by atoms with Crippen molar-refractivity contribution in [2.75, 3.05) is 66.7 Å². The predicted octanol–water partition coefficient (Wildman–Crippen LogP) is 1.87. The number of morpholine rings is 1. The van der Waals surface area contributed by atoms with E-state index in [0.29, 0.717) is 6.54 Å². The second-order valence-corrected chi connectivity index (χ2v) is 7.53. The first-order chi connectivity index (χ1) is 13.5. The van der Waals surface area contributed by atoms with Crippen LogP contribution in [0.1, 0.15) is 26.3 Å². The second-order valence-electron chi connectivity index (χ2n) is 7.53. The Kier molecular flexibility index (Phi) is 8.86. The van der Waals surface area contributed by atoms with Crippen LogP contribution in [0.4, 0.5) is 0 Å². The highest BCUT2D eigenvalue weighted by Gasteiger charge is 2.22. The molecule has 0 saturated carbocycles. The Hall–Kier alpha value is -1.99. The Morgan fingerprint density at radius 3 is 2.50 bits per heavy atom. The van der Waals surface area contributed by atoms with E-state index in [0.717, 1.165) is 69.0 Å². The summed E-state index contributed by atoms with van der Waals surface area (Å²) in [6.07, 6.45) is 0. The van der Waals surface area contributed by atoms with Gasteiger partial charge in [-0.25, -0.2) is 0 Å². The summed E-state index contributed by atoms with van der Waals surface area (Å²) in [6.45, 7) is 13.5. The lowest BCUT2D eigenvalue weighted by Gasteiger charge is -2.27. The van der Waals surface area contributed by atoms with Gasteiger partial charge < -0.3 is 24.8 Å². The van der Waals surface area contributed by atoms with Gasteiger partial charge in [-0.1, -0.05) is 19.9 Å². The van der Waals surface area contributed by atoms with Crippen molar-refractivity contribution in [2.45, 2.75) is 26.2 Å². The van der Waals surface area contributed by atoms with Crippen LogP contribution in [0.25, 0.3) is 0 Å². The van der Waals surface area contributed by atoms with Crippen LogP contribution in [0.3, 0.4) is 0 Å². The summed E-state index contributed by atoms with van der Waals surface area (Å²) in [6, 6.07) is 6.06. The van der Waals surface area contributed by atoms with E-state index in [9.17, 15) is 0 Å². The maximum absolute atomic E-state index is 5.45. The first kappa shape index (κ1) is 22.3. The maximum atomic E-state index is 5.45. The summed E-state index contributed by atoms with van der Waals surface area (Å²) in [5.74, 6) is 2.33. The van der Waals surface area contributed by atoms with Crippen molar-refractivity contribution >= 4 is 5.96 Å². The molecule has 1 aromatic carbocycles. The van der Waals surface area contributed by atoms with E-state index in [-0.39, 0.29) is 5.41 Å². The van der Waals surface area contributed by atoms with Crippen molar-refractivity contribution in [1.29, 1.82) is 0 Å². The highest BCUT2D eigenvalue weighted by Crippen LogP contribution is 2.33. The Bertz CT molecular complexity index is 628. The van der Waals surface area contributed by atoms with E-state index in [4.69, 9.17) is 19.2 Å². The maximum Gasteiger partial charge on any atom is 0.191 e. The van der Waals surface area contributed by atoms with Crippen LogP contribution in [-0.4, -0.2) is 77.6 Å². The molecule has 0 bridgehead atoms. The zero-order valence-electron chi connectivity index (χ0n) is 18.0. The molecule has 2 rings (SSSR count). The molecule has 7 heteroatoms. The molecule has 0 atom stereocenters. The molecule has 0 amide bonds. The number of hydrogen-bond acceptors (Lipinski definition) is 5. The molecule has 158 valence electrons. The number of guanidine groups is 1. The smallest absolute Gasteiger partial charge is 0.191 e. The number of aliphatic imine (C=N–C) groups is 1. The highest BCUT2D eigenvalue weighted by molar-refractivity contribution is 5.79. The van der Waals surface area contributed by atoms with Gasteiger partial charge in [0.2, 0.25) is 0 Å². The lowest BCUT2D eigenvalue weighted by atomic mass is 9.84. The quantitative estimate of drug-likeness (QED) is 0.494. The summed E-state index contributed by atoms with van der Waals surface area (Å²) < 4.78 is 16.2. The highest BCUT2D eigenvalue weighted by atomic mass is 16.5. The second kappa shape index (κ2) is 11.1. The molecule has 0 unspecified atom stereocenters. The van der Waals surface area contributed by atoms with Crippen LogP contribution >= 0.6 is 0 Å². The fourth-order valence-corrected chi connectivity index (χ4v) is 3.12. The number of rotatable bonds is 9.